The summed E-state index contributed by atoms with van der Waals surface area (Å²) in [5.41, 5.74) is 0.615. The number of nitrogens with zero attached hydrogens (tertiary/aromatic N) is 1. The Hall–Kier alpha value is -4.17. The van der Waals surface area contributed by atoms with Gasteiger partial charge in [-0.2, -0.15) is 0 Å². The number of aliphatic hydroxyl groups excluding tert-OH is 1. The predicted molar refractivity (Wildman–Crippen MR) is 122 cm³/mol. The van der Waals surface area contributed by atoms with Crippen molar-refractivity contribution in [2.24, 2.45) is 0 Å². The Balaban J connectivity index is 1.61. The molecule has 8 heteroatoms. The van der Waals surface area contributed by atoms with Crippen molar-refractivity contribution in [1.82, 2.24) is 4.90 Å². The number of anilines is 1. The van der Waals surface area contributed by atoms with Gasteiger partial charge in [-0.1, -0.05) is 42.5 Å². The maximum atomic E-state index is 13.0. The molecule has 0 bridgehead atoms. The number of methoxy groups -OCH3 is 1. The van der Waals surface area contributed by atoms with E-state index in [0.29, 0.717) is 11.4 Å². The normalized spacial score (nSPS) is 13.4. The minimum Gasteiger partial charge on any atom is -0.466 e. The van der Waals surface area contributed by atoms with E-state index in [1.807, 2.05) is 30.3 Å². The van der Waals surface area contributed by atoms with Gasteiger partial charge in [0.2, 0.25) is 0 Å². The Morgan fingerprint density at radius 1 is 1.00 bits per heavy atom. The van der Waals surface area contributed by atoms with Gasteiger partial charge in [0.1, 0.15) is 11.4 Å². The van der Waals surface area contributed by atoms with Gasteiger partial charge in [-0.25, -0.2) is 9.59 Å². The van der Waals surface area contributed by atoms with E-state index < -0.39 is 17.8 Å². The van der Waals surface area contributed by atoms with Crippen LogP contribution in [0.1, 0.15) is 10.4 Å². The molecule has 33 heavy (non-hydrogen) atoms. The van der Waals surface area contributed by atoms with E-state index >= 15 is 0 Å². The highest BCUT2D eigenvalue weighted by atomic mass is 16.5. The highest BCUT2D eigenvalue weighted by molar-refractivity contribution is 6.09. The number of ether oxygens (including phenoxy) is 2. The van der Waals surface area contributed by atoms with Gasteiger partial charge in [0.05, 0.1) is 37.1 Å². The van der Waals surface area contributed by atoms with Gasteiger partial charge in [-0.05, 0) is 35.0 Å². The van der Waals surface area contributed by atoms with Crippen molar-refractivity contribution in [3.8, 4) is 5.75 Å². The Labute approximate surface area is 190 Å². The Morgan fingerprint density at radius 2 is 1.73 bits per heavy atom. The fourth-order valence-corrected chi connectivity index (χ4v) is 3.65. The van der Waals surface area contributed by atoms with Crippen molar-refractivity contribution in [3.05, 3.63) is 83.6 Å². The Bertz CT molecular complexity index is 1270. The first-order valence-electron chi connectivity index (χ1n) is 10.3. The zero-order chi connectivity index (χ0) is 23.4. The van der Waals surface area contributed by atoms with Crippen molar-refractivity contribution in [1.29, 1.82) is 0 Å². The molecule has 1 aliphatic rings. The van der Waals surface area contributed by atoms with E-state index in [4.69, 9.17) is 9.47 Å². The number of fused-ring (bicyclic) bond motifs is 1. The van der Waals surface area contributed by atoms with Crippen molar-refractivity contribution in [2.75, 3.05) is 32.1 Å². The van der Waals surface area contributed by atoms with E-state index in [2.05, 4.69) is 5.32 Å². The van der Waals surface area contributed by atoms with Crippen LogP contribution in [0, 0.1) is 0 Å². The number of β-amino-alcohol motifs (C(OH)–C–C–N with tert-alkyl or cyclic N) is 1. The molecule has 0 atom stereocenters. The van der Waals surface area contributed by atoms with Gasteiger partial charge in [0, 0.05) is 6.54 Å². The molecule has 8 nitrogen and oxygen atoms in total. The molecule has 0 unspecified atom stereocenters. The van der Waals surface area contributed by atoms with Crippen LogP contribution in [-0.4, -0.2) is 54.7 Å². The molecule has 0 saturated carbocycles. The topological polar surface area (TPSA) is 105 Å². The highest BCUT2D eigenvalue weighted by Crippen LogP contribution is 2.27. The van der Waals surface area contributed by atoms with Gasteiger partial charge in [0.15, 0.2) is 0 Å². The third-order valence-electron chi connectivity index (χ3n) is 5.29. The predicted octanol–water partition coefficient (Wildman–Crippen LogP) is 2.73. The number of nitrogens with one attached hydrogen (secondary N) is 1. The molecule has 1 aliphatic heterocycles. The second kappa shape index (κ2) is 9.54. The number of hydrogen-bond acceptors (Lipinski definition) is 7. The first-order chi connectivity index (χ1) is 16.0. The molecule has 3 aromatic carbocycles. The lowest BCUT2D eigenvalue weighted by Gasteiger charge is -2.16. The average molecular weight is 446 g/mol. The van der Waals surface area contributed by atoms with E-state index in [-0.39, 0.29) is 36.5 Å². The standard InChI is InChI=1S/C25H22N2O6/c1-32-24(30)20-15-27(12-13-28)23(29)22(20)26-21-9-5-4-8-19(21)25(31)33-18-11-10-16-6-2-3-7-17(16)14-18/h2-11,14,26,28H,12-13,15H2,1H3. The molecule has 168 valence electrons. The van der Waals surface area contributed by atoms with Gasteiger partial charge < -0.3 is 24.8 Å². The van der Waals surface area contributed by atoms with Crippen molar-refractivity contribution in [3.63, 3.8) is 0 Å². The first-order valence-corrected chi connectivity index (χ1v) is 10.3. The van der Waals surface area contributed by atoms with E-state index in [1.165, 1.54) is 12.0 Å². The highest BCUT2D eigenvalue weighted by Gasteiger charge is 2.35. The minimum absolute atomic E-state index is 0.00116. The monoisotopic (exact) mass is 446 g/mol. The van der Waals surface area contributed by atoms with Crippen LogP contribution in [0.3, 0.4) is 0 Å². The number of esters is 2. The summed E-state index contributed by atoms with van der Waals surface area (Å²) in [5.74, 6) is -1.37. The molecular formula is C25H22N2O6. The summed E-state index contributed by atoms with van der Waals surface area (Å²) in [4.78, 5) is 39.3. The first kappa shape index (κ1) is 22.0. The number of amides is 1. The smallest absolute Gasteiger partial charge is 0.345 e. The molecule has 4 rings (SSSR count). The number of benzene rings is 3. The van der Waals surface area contributed by atoms with E-state index in [1.54, 1.807) is 36.4 Å². The number of para-hydroxylation sites is 1. The second-order valence-corrected chi connectivity index (χ2v) is 7.36. The summed E-state index contributed by atoms with van der Waals surface area (Å²) >= 11 is 0. The Morgan fingerprint density at radius 3 is 2.48 bits per heavy atom. The lowest BCUT2D eigenvalue weighted by molar-refractivity contribution is -0.136. The van der Waals surface area contributed by atoms with Crippen molar-refractivity contribution in [2.45, 2.75) is 0 Å². The van der Waals surface area contributed by atoms with E-state index in [9.17, 15) is 19.5 Å². The summed E-state index contributed by atoms with van der Waals surface area (Å²) < 4.78 is 10.4. The fraction of sp³-hybridized carbons (Fsp3) is 0.160. The lowest BCUT2D eigenvalue weighted by Crippen LogP contribution is -2.31. The SMILES string of the molecule is COC(=O)C1=C(Nc2ccccc2C(=O)Oc2ccc3ccccc3c2)C(=O)N(CCO)C1. The quantitative estimate of drug-likeness (QED) is 0.425. The average Bonchev–Trinajstić information content (AvgIpc) is 3.14. The number of hydrogen-bond donors (Lipinski definition) is 2. The van der Waals surface area contributed by atoms with Crippen LogP contribution in [0.4, 0.5) is 5.69 Å². The minimum atomic E-state index is -0.664. The molecule has 2 N–H and O–H groups in total. The van der Waals surface area contributed by atoms with Gasteiger partial charge >= 0.3 is 11.9 Å². The zero-order valence-corrected chi connectivity index (χ0v) is 17.9. The summed E-state index contributed by atoms with van der Waals surface area (Å²) in [5, 5.41) is 14.1. The van der Waals surface area contributed by atoms with Crippen LogP contribution in [0.25, 0.3) is 10.8 Å². The molecule has 1 heterocycles. The zero-order valence-electron chi connectivity index (χ0n) is 17.9. The van der Waals surface area contributed by atoms with Crippen LogP contribution in [0.5, 0.6) is 5.75 Å². The number of aliphatic hydroxyl groups is 1. The van der Waals surface area contributed by atoms with Crippen molar-refractivity contribution < 1.29 is 29.0 Å². The Kier molecular flexibility index (Phi) is 6.37. The maximum Gasteiger partial charge on any atom is 0.345 e. The summed E-state index contributed by atoms with van der Waals surface area (Å²) in [6, 6.07) is 19.6. The lowest BCUT2D eigenvalue weighted by atomic mass is 10.1. The van der Waals surface area contributed by atoms with Crippen LogP contribution < -0.4 is 10.1 Å². The molecule has 0 saturated heterocycles. The summed E-state index contributed by atoms with van der Waals surface area (Å²) in [7, 11) is 1.22. The molecule has 3 aromatic rings. The molecule has 0 radical (unpaired) electrons. The van der Waals surface area contributed by atoms with E-state index in [0.717, 1.165) is 10.8 Å². The molecular weight excluding hydrogens is 424 g/mol. The summed E-state index contributed by atoms with van der Waals surface area (Å²) in [6.45, 7) is -0.184. The van der Waals surface area contributed by atoms with Gasteiger partial charge in [0.25, 0.3) is 5.91 Å². The number of carbonyl (C=O) groups excluding carboxylic acids is 3. The molecule has 1 amide bonds. The largest absolute Gasteiger partial charge is 0.466 e. The molecule has 0 spiro atoms. The third-order valence-corrected chi connectivity index (χ3v) is 5.29. The van der Waals surface area contributed by atoms with Gasteiger partial charge in [-0.15, -0.1) is 0 Å². The maximum absolute atomic E-state index is 13.0. The molecule has 0 fully saturated rings. The van der Waals surface area contributed by atoms with Crippen LogP contribution in [0.2, 0.25) is 0 Å². The number of carbonyl (C=O) groups is 3. The summed E-state index contributed by atoms with van der Waals surface area (Å²) in [6.07, 6.45) is 0. The third kappa shape index (κ3) is 4.56. The van der Waals surface area contributed by atoms with Gasteiger partial charge in [-0.3, -0.25) is 4.79 Å². The van der Waals surface area contributed by atoms with Crippen LogP contribution in [0.15, 0.2) is 78.0 Å². The second-order valence-electron chi connectivity index (χ2n) is 7.36. The van der Waals surface area contributed by atoms with Crippen LogP contribution >= 0.6 is 0 Å². The van der Waals surface area contributed by atoms with Crippen molar-refractivity contribution >= 4 is 34.3 Å². The number of rotatable bonds is 7. The fourth-order valence-electron chi connectivity index (χ4n) is 3.65. The van der Waals surface area contributed by atoms with Crippen LogP contribution in [-0.2, 0) is 14.3 Å². The molecule has 0 aliphatic carbocycles. The molecule has 0 aromatic heterocycles.